The molecule has 7 nitrogen and oxygen atoms in total. The van der Waals surface area contributed by atoms with Crippen molar-refractivity contribution in [2.24, 2.45) is 0 Å². The number of imide groups is 1. The molecule has 3 rings (SSSR count). The van der Waals surface area contributed by atoms with E-state index in [0.717, 1.165) is 16.7 Å². The molecule has 0 atom stereocenters. The summed E-state index contributed by atoms with van der Waals surface area (Å²) in [6.07, 6.45) is 1.58. The van der Waals surface area contributed by atoms with E-state index in [1.165, 1.54) is 24.3 Å². The number of carbonyl (C=O) groups excluding carboxylic acids is 2. The molecule has 28 heavy (non-hydrogen) atoms. The Hall–Kier alpha value is -2.84. The minimum absolute atomic E-state index is 0.0356. The summed E-state index contributed by atoms with van der Waals surface area (Å²) < 4.78 is 5.54. The normalized spacial score (nSPS) is 15.4. The molecule has 0 N–H and O–H groups in total. The first-order valence-electron chi connectivity index (χ1n) is 8.30. The van der Waals surface area contributed by atoms with Crippen molar-refractivity contribution in [3.63, 3.8) is 0 Å². The van der Waals surface area contributed by atoms with Crippen LogP contribution in [0.3, 0.4) is 0 Å². The summed E-state index contributed by atoms with van der Waals surface area (Å²) in [5.74, 6) is 0.129. The maximum absolute atomic E-state index is 12.7. The monoisotopic (exact) mass is 418 g/mol. The first-order valence-corrected chi connectivity index (χ1v) is 9.49. The standard InChI is InChI=1S/C19H15ClN2O5S/c1-2-27-16-8-5-14(20)9-13(16)10-17-18(23)21(19(24)28-17)11-12-3-6-15(7-4-12)22(25)26/h3-10H,2,11H2,1H3/b17-10-. The molecule has 0 aromatic heterocycles. The highest BCUT2D eigenvalue weighted by molar-refractivity contribution is 8.18. The number of thioether (sulfide) groups is 1. The number of hydrogen-bond acceptors (Lipinski definition) is 6. The van der Waals surface area contributed by atoms with Gasteiger partial charge in [0.2, 0.25) is 0 Å². The number of carbonyl (C=O) groups is 2. The third-order valence-corrected chi connectivity index (χ3v) is 5.06. The van der Waals surface area contributed by atoms with Gasteiger partial charge in [0.25, 0.3) is 16.8 Å². The van der Waals surface area contributed by atoms with E-state index < -0.39 is 16.1 Å². The molecule has 0 saturated carbocycles. The highest BCUT2D eigenvalue weighted by atomic mass is 35.5. The molecule has 1 aliphatic rings. The Morgan fingerprint density at radius 3 is 2.57 bits per heavy atom. The number of rotatable bonds is 6. The third-order valence-electron chi connectivity index (χ3n) is 3.92. The van der Waals surface area contributed by atoms with Gasteiger partial charge < -0.3 is 4.74 Å². The lowest BCUT2D eigenvalue weighted by Crippen LogP contribution is -2.27. The predicted octanol–water partition coefficient (Wildman–Crippen LogP) is 4.88. The van der Waals surface area contributed by atoms with E-state index in [1.807, 2.05) is 6.92 Å². The highest BCUT2D eigenvalue weighted by Gasteiger charge is 2.35. The zero-order chi connectivity index (χ0) is 20.3. The fraction of sp³-hybridized carbons (Fsp3) is 0.158. The molecule has 1 fully saturated rings. The molecule has 1 heterocycles. The summed E-state index contributed by atoms with van der Waals surface area (Å²) in [4.78, 5) is 36.6. The van der Waals surface area contributed by atoms with Crippen molar-refractivity contribution in [3.05, 3.63) is 73.6 Å². The van der Waals surface area contributed by atoms with Gasteiger partial charge in [-0.1, -0.05) is 23.7 Å². The van der Waals surface area contributed by atoms with Gasteiger partial charge in [-0.05, 0) is 48.5 Å². The van der Waals surface area contributed by atoms with Gasteiger partial charge in [-0.3, -0.25) is 24.6 Å². The largest absolute Gasteiger partial charge is 0.493 e. The predicted molar refractivity (Wildman–Crippen MR) is 107 cm³/mol. The second-order valence-electron chi connectivity index (χ2n) is 5.81. The number of nitrogens with zero attached hydrogens (tertiary/aromatic N) is 2. The molecule has 9 heteroatoms. The molecule has 0 spiro atoms. The van der Waals surface area contributed by atoms with Gasteiger partial charge in [0.1, 0.15) is 5.75 Å². The van der Waals surface area contributed by atoms with Crippen molar-refractivity contribution in [1.29, 1.82) is 0 Å². The van der Waals surface area contributed by atoms with E-state index in [4.69, 9.17) is 16.3 Å². The molecule has 0 bridgehead atoms. The van der Waals surface area contributed by atoms with Crippen LogP contribution in [0, 0.1) is 10.1 Å². The maximum atomic E-state index is 12.7. The van der Waals surface area contributed by atoms with Crippen LogP contribution in [0.2, 0.25) is 5.02 Å². The molecule has 0 unspecified atom stereocenters. The van der Waals surface area contributed by atoms with Crippen LogP contribution in [0.25, 0.3) is 6.08 Å². The van der Waals surface area contributed by atoms with Crippen LogP contribution < -0.4 is 4.74 Å². The molecular weight excluding hydrogens is 404 g/mol. The number of amides is 2. The SMILES string of the molecule is CCOc1ccc(Cl)cc1/C=C1\SC(=O)N(Cc2ccc([N+](=O)[O-])cc2)C1=O. The number of nitro groups is 1. The number of nitro benzene ring substituents is 1. The van der Waals surface area contributed by atoms with E-state index in [0.29, 0.717) is 28.5 Å². The lowest BCUT2D eigenvalue weighted by Gasteiger charge is -2.12. The first-order chi connectivity index (χ1) is 13.4. The van der Waals surface area contributed by atoms with Gasteiger partial charge in [-0.15, -0.1) is 0 Å². The summed E-state index contributed by atoms with van der Waals surface area (Å²) in [6.45, 7) is 2.33. The van der Waals surface area contributed by atoms with Crippen LogP contribution in [0.5, 0.6) is 5.75 Å². The highest BCUT2D eigenvalue weighted by Crippen LogP contribution is 2.35. The second kappa shape index (κ2) is 8.45. The zero-order valence-electron chi connectivity index (χ0n) is 14.8. The number of non-ortho nitro benzene ring substituents is 1. The van der Waals surface area contributed by atoms with Crippen molar-refractivity contribution in [1.82, 2.24) is 4.90 Å². The van der Waals surface area contributed by atoms with E-state index in [1.54, 1.807) is 24.3 Å². The Morgan fingerprint density at radius 1 is 1.21 bits per heavy atom. The quantitative estimate of drug-likeness (QED) is 0.377. The van der Waals surface area contributed by atoms with E-state index in [2.05, 4.69) is 0 Å². The number of benzene rings is 2. The Labute approximate surface area is 170 Å². The molecular formula is C19H15ClN2O5S. The molecule has 1 saturated heterocycles. The summed E-state index contributed by atoms with van der Waals surface area (Å²) in [7, 11) is 0. The third kappa shape index (κ3) is 4.35. The van der Waals surface area contributed by atoms with Crippen LogP contribution in [0.4, 0.5) is 10.5 Å². The first kappa shape index (κ1) is 19.9. The van der Waals surface area contributed by atoms with E-state index in [9.17, 15) is 19.7 Å². The summed E-state index contributed by atoms with van der Waals surface area (Å²) in [5.41, 5.74) is 1.17. The van der Waals surface area contributed by atoms with Crippen LogP contribution >= 0.6 is 23.4 Å². The molecule has 2 aromatic rings. The zero-order valence-corrected chi connectivity index (χ0v) is 16.3. The van der Waals surface area contributed by atoms with Gasteiger partial charge in [-0.2, -0.15) is 0 Å². The van der Waals surface area contributed by atoms with Crippen LogP contribution in [0.15, 0.2) is 47.4 Å². The van der Waals surface area contributed by atoms with Crippen molar-refractivity contribution >= 4 is 46.3 Å². The number of ether oxygens (including phenoxy) is 1. The smallest absolute Gasteiger partial charge is 0.293 e. The van der Waals surface area contributed by atoms with Gasteiger partial charge in [-0.25, -0.2) is 0 Å². The van der Waals surface area contributed by atoms with Crippen LogP contribution in [0.1, 0.15) is 18.1 Å². The van der Waals surface area contributed by atoms with Crippen LogP contribution in [-0.4, -0.2) is 27.6 Å². The van der Waals surface area contributed by atoms with Crippen molar-refractivity contribution in [2.45, 2.75) is 13.5 Å². The number of hydrogen-bond donors (Lipinski definition) is 0. The average molecular weight is 419 g/mol. The van der Waals surface area contributed by atoms with Gasteiger partial charge in [0.15, 0.2) is 0 Å². The number of halogens is 1. The Balaban J connectivity index is 1.82. The molecule has 0 radical (unpaired) electrons. The Morgan fingerprint density at radius 2 is 1.93 bits per heavy atom. The van der Waals surface area contributed by atoms with Crippen LogP contribution in [-0.2, 0) is 11.3 Å². The van der Waals surface area contributed by atoms with Crippen molar-refractivity contribution in [3.8, 4) is 5.75 Å². The minimum atomic E-state index is -0.506. The van der Waals surface area contributed by atoms with E-state index >= 15 is 0 Å². The summed E-state index contributed by atoms with van der Waals surface area (Å²) in [6, 6.07) is 10.8. The fourth-order valence-corrected chi connectivity index (χ4v) is 3.61. The summed E-state index contributed by atoms with van der Waals surface area (Å²) >= 11 is 6.86. The molecule has 144 valence electrons. The fourth-order valence-electron chi connectivity index (χ4n) is 2.60. The average Bonchev–Trinajstić information content (AvgIpc) is 2.92. The second-order valence-corrected chi connectivity index (χ2v) is 7.24. The van der Waals surface area contributed by atoms with Crippen molar-refractivity contribution < 1.29 is 19.2 Å². The van der Waals surface area contributed by atoms with Gasteiger partial charge in [0, 0.05) is 22.7 Å². The van der Waals surface area contributed by atoms with Gasteiger partial charge in [0.05, 0.1) is 23.0 Å². The minimum Gasteiger partial charge on any atom is -0.493 e. The lowest BCUT2D eigenvalue weighted by atomic mass is 10.1. The topological polar surface area (TPSA) is 89.8 Å². The molecule has 2 aromatic carbocycles. The van der Waals surface area contributed by atoms with E-state index in [-0.39, 0.29) is 17.1 Å². The van der Waals surface area contributed by atoms with Crippen molar-refractivity contribution in [2.75, 3.05) is 6.61 Å². The Kier molecular flexibility index (Phi) is 6.01. The molecule has 0 aliphatic carbocycles. The lowest BCUT2D eigenvalue weighted by molar-refractivity contribution is -0.384. The molecule has 2 amide bonds. The summed E-state index contributed by atoms with van der Waals surface area (Å²) in [5, 5.41) is 10.8. The van der Waals surface area contributed by atoms with Gasteiger partial charge >= 0.3 is 0 Å². The molecule has 1 aliphatic heterocycles. The maximum Gasteiger partial charge on any atom is 0.293 e. The Bertz CT molecular complexity index is 975.